The zero-order chi connectivity index (χ0) is 36.0. The molecule has 0 fully saturated rings. The molecule has 0 bridgehead atoms. The first-order chi connectivity index (χ1) is 26.8. The lowest BCUT2D eigenvalue weighted by Crippen LogP contribution is -1.96. The Kier molecular flexibility index (Phi) is 7.95. The van der Waals surface area contributed by atoms with Crippen molar-refractivity contribution >= 4 is 43.6 Å². The Hall–Kier alpha value is -6.64. The number of hydrogen-bond acceptors (Lipinski definition) is 0. The Balaban J connectivity index is 1.17. The van der Waals surface area contributed by atoms with Gasteiger partial charge in [0.25, 0.3) is 0 Å². The van der Waals surface area contributed by atoms with Crippen molar-refractivity contribution in [2.75, 3.05) is 0 Å². The molecule has 0 saturated heterocycles. The molecule has 0 radical (unpaired) electrons. The molecule has 0 aliphatic carbocycles. The highest BCUT2D eigenvalue weighted by atomic mass is 15.0. The van der Waals surface area contributed by atoms with Gasteiger partial charge in [-0.25, -0.2) is 0 Å². The van der Waals surface area contributed by atoms with Gasteiger partial charge < -0.3 is 9.13 Å². The van der Waals surface area contributed by atoms with Crippen LogP contribution in [0, 0.1) is 0 Å². The molecule has 54 heavy (non-hydrogen) atoms. The van der Waals surface area contributed by atoms with E-state index in [1.807, 2.05) is 0 Å². The third-order valence-corrected chi connectivity index (χ3v) is 11.1. The summed E-state index contributed by atoms with van der Waals surface area (Å²) in [6.07, 6.45) is 3.59. The van der Waals surface area contributed by atoms with Crippen molar-refractivity contribution in [3.05, 3.63) is 194 Å². The molecule has 0 saturated carbocycles. The molecule has 8 aromatic carbocycles. The van der Waals surface area contributed by atoms with Gasteiger partial charge in [0, 0.05) is 32.9 Å². The van der Waals surface area contributed by atoms with E-state index < -0.39 is 0 Å². The van der Waals surface area contributed by atoms with Crippen LogP contribution in [0.1, 0.15) is 25.3 Å². The standard InChI is InChI=1S/C52H40N2/c1-2-3-14-36-25-27-37(28-26-36)38-29-31-41(32-30-38)53-49-24-12-10-22-47(49)51-50(53)34-33-46-45-21-9-11-23-48(45)54(52(46)51)42-18-13-17-40(35-42)44-20-8-7-19-43(44)39-15-5-4-6-16-39/h4-13,15-35H,2-3,14H2,1H3. The lowest BCUT2D eigenvalue weighted by atomic mass is 9.94. The predicted molar refractivity (Wildman–Crippen MR) is 230 cm³/mol. The molecule has 2 heterocycles. The van der Waals surface area contributed by atoms with Crippen molar-refractivity contribution in [3.63, 3.8) is 0 Å². The van der Waals surface area contributed by atoms with E-state index in [1.54, 1.807) is 0 Å². The molecule has 0 aliphatic heterocycles. The van der Waals surface area contributed by atoms with Gasteiger partial charge in [-0.15, -0.1) is 0 Å². The van der Waals surface area contributed by atoms with Crippen LogP contribution in [0.5, 0.6) is 0 Å². The first kappa shape index (κ1) is 32.0. The van der Waals surface area contributed by atoms with Gasteiger partial charge in [0.15, 0.2) is 0 Å². The lowest BCUT2D eigenvalue weighted by Gasteiger charge is -2.14. The fourth-order valence-electron chi connectivity index (χ4n) is 8.52. The summed E-state index contributed by atoms with van der Waals surface area (Å²) in [5, 5.41) is 5.03. The summed E-state index contributed by atoms with van der Waals surface area (Å²) in [5.41, 5.74) is 15.9. The monoisotopic (exact) mass is 692 g/mol. The second kappa shape index (κ2) is 13.4. The highest BCUT2D eigenvalue weighted by molar-refractivity contribution is 6.26. The lowest BCUT2D eigenvalue weighted by molar-refractivity contribution is 0.795. The Morgan fingerprint density at radius 1 is 0.389 bits per heavy atom. The van der Waals surface area contributed by atoms with Crippen LogP contribution in [-0.2, 0) is 6.42 Å². The summed E-state index contributed by atoms with van der Waals surface area (Å²) in [6.45, 7) is 2.25. The molecule has 0 aliphatic rings. The van der Waals surface area contributed by atoms with E-state index in [9.17, 15) is 0 Å². The van der Waals surface area contributed by atoms with Gasteiger partial charge in [0.2, 0.25) is 0 Å². The van der Waals surface area contributed by atoms with Crippen LogP contribution < -0.4 is 0 Å². The number of fused-ring (bicyclic) bond motifs is 7. The van der Waals surface area contributed by atoms with Gasteiger partial charge in [-0.05, 0) is 94.3 Å². The van der Waals surface area contributed by atoms with E-state index >= 15 is 0 Å². The molecule has 0 N–H and O–H groups in total. The minimum atomic E-state index is 1.14. The summed E-state index contributed by atoms with van der Waals surface area (Å²) >= 11 is 0. The van der Waals surface area contributed by atoms with Crippen LogP contribution in [-0.4, -0.2) is 9.13 Å². The zero-order valence-corrected chi connectivity index (χ0v) is 30.4. The third kappa shape index (κ3) is 5.33. The van der Waals surface area contributed by atoms with Gasteiger partial charge in [0.1, 0.15) is 0 Å². The average Bonchev–Trinajstić information content (AvgIpc) is 3.77. The van der Waals surface area contributed by atoms with E-state index in [2.05, 4.69) is 204 Å². The maximum absolute atomic E-state index is 2.49. The molecule has 258 valence electrons. The molecule has 2 heteroatoms. The summed E-state index contributed by atoms with van der Waals surface area (Å²) in [7, 11) is 0. The molecule has 0 atom stereocenters. The Morgan fingerprint density at radius 2 is 1.00 bits per heavy atom. The molecule has 0 unspecified atom stereocenters. The van der Waals surface area contributed by atoms with Crippen LogP contribution in [0.15, 0.2) is 188 Å². The van der Waals surface area contributed by atoms with Crippen molar-refractivity contribution < 1.29 is 0 Å². The SMILES string of the molecule is CCCCc1ccc(-c2ccc(-n3c4ccccc4c4c3ccc3c5ccccc5n(-c5cccc(-c6ccccc6-c6ccccc6)c5)c34)cc2)cc1. The topological polar surface area (TPSA) is 9.86 Å². The van der Waals surface area contributed by atoms with Crippen LogP contribution in [0.25, 0.3) is 88.4 Å². The quantitative estimate of drug-likeness (QED) is 0.150. The van der Waals surface area contributed by atoms with Gasteiger partial charge in [0.05, 0.1) is 22.1 Å². The normalized spacial score (nSPS) is 11.6. The highest BCUT2D eigenvalue weighted by Gasteiger charge is 2.21. The summed E-state index contributed by atoms with van der Waals surface area (Å²) < 4.78 is 4.93. The number of aryl methyl sites for hydroxylation is 1. The van der Waals surface area contributed by atoms with Crippen molar-refractivity contribution in [1.82, 2.24) is 9.13 Å². The fraction of sp³-hybridized carbons (Fsp3) is 0.0769. The summed E-state index contributed by atoms with van der Waals surface area (Å²) in [4.78, 5) is 0. The Bertz CT molecular complexity index is 2940. The predicted octanol–water partition coefficient (Wildman–Crippen LogP) is 14.2. The zero-order valence-electron chi connectivity index (χ0n) is 30.4. The summed E-state index contributed by atoms with van der Waals surface area (Å²) in [6, 6.07) is 69.1. The maximum atomic E-state index is 2.49. The number of para-hydroxylation sites is 2. The molecular weight excluding hydrogens is 653 g/mol. The van der Waals surface area contributed by atoms with Gasteiger partial charge >= 0.3 is 0 Å². The smallest absolute Gasteiger partial charge is 0.0641 e. The molecular formula is C52H40N2. The maximum Gasteiger partial charge on any atom is 0.0641 e. The number of nitrogens with zero attached hydrogens (tertiary/aromatic N) is 2. The highest BCUT2D eigenvalue weighted by Crippen LogP contribution is 2.43. The number of hydrogen-bond donors (Lipinski definition) is 0. The number of aromatic nitrogens is 2. The Morgan fingerprint density at radius 3 is 1.74 bits per heavy atom. The Labute approximate surface area is 316 Å². The van der Waals surface area contributed by atoms with Gasteiger partial charge in [-0.1, -0.05) is 159 Å². The first-order valence-corrected chi connectivity index (χ1v) is 19.2. The first-order valence-electron chi connectivity index (χ1n) is 19.2. The van der Waals surface area contributed by atoms with Crippen molar-refractivity contribution in [2.45, 2.75) is 26.2 Å². The van der Waals surface area contributed by atoms with E-state index in [0.29, 0.717) is 0 Å². The minimum absolute atomic E-state index is 1.14. The number of benzene rings is 8. The molecule has 2 nitrogen and oxygen atoms in total. The second-order valence-electron chi connectivity index (χ2n) is 14.4. The fourth-order valence-corrected chi connectivity index (χ4v) is 8.52. The molecule has 0 spiro atoms. The van der Waals surface area contributed by atoms with E-state index in [0.717, 1.165) is 17.8 Å². The van der Waals surface area contributed by atoms with E-state index in [1.165, 1.54) is 95.4 Å². The van der Waals surface area contributed by atoms with Gasteiger partial charge in [-0.3, -0.25) is 0 Å². The molecule has 2 aromatic heterocycles. The number of rotatable bonds is 8. The third-order valence-electron chi connectivity index (χ3n) is 11.1. The molecule has 10 aromatic rings. The van der Waals surface area contributed by atoms with Crippen LogP contribution >= 0.6 is 0 Å². The molecule has 10 rings (SSSR count). The van der Waals surface area contributed by atoms with Crippen LogP contribution in [0.4, 0.5) is 0 Å². The van der Waals surface area contributed by atoms with Crippen molar-refractivity contribution in [3.8, 4) is 44.8 Å². The number of unbranched alkanes of at least 4 members (excludes halogenated alkanes) is 1. The molecule has 0 amide bonds. The van der Waals surface area contributed by atoms with Gasteiger partial charge in [-0.2, -0.15) is 0 Å². The summed E-state index contributed by atoms with van der Waals surface area (Å²) in [5.74, 6) is 0. The largest absolute Gasteiger partial charge is 0.309 e. The van der Waals surface area contributed by atoms with Crippen molar-refractivity contribution in [1.29, 1.82) is 0 Å². The van der Waals surface area contributed by atoms with Crippen molar-refractivity contribution in [2.24, 2.45) is 0 Å². The van der Waals surface area contributed by atoms with E-state index in [4.69, 9.17) is 0 Å². The average molecular weight is 693 g/mol. The second-order valence-corrected chi connectivity index (χ2v) is 14.4. The van der Waals surface area contributed by atoms with E-state index in [-0.39, 0.29) is 0 Å². The minimum Gasteiger partial charge on any atom is -0.309 e. The van der Waals surface area contributed by atoms with Crippen LogP contribution in [0.3, 0.4) is 0 Å². The van der Waals surface area contributed by atoms with Crippen LogP contribution in [0.2, 0.25) is 0 Å².